The maximum atomic E-state index is 11.2. The molecule has 0 aliphatic rings. The summed E-state index contributed by atoms with van der Waals surface area (Å²) in [5, 5.41) is 6.38. The summed E-state index contributed by atoms with van der Waals surface area (Å²) >= 11 is 0. The first-order valence-corrected chi connectivity index (χ1v) is 7.92. The van der Waals surface area contributed by atoms with Crippen molar-refractivity contribution in [2.75, 3.05) is 40.0 Å². The number of ether oxygens (including phenoxy) is 2. The lowest BCUT2D eigenvalue weighted by molar-refractivity contribution is -0.143. The maximum absolute atomic E-state index is 11.2. The highest BCUT2D eigenvalue weighted by Gasteiger charge is 2.01. The lowest BCUT2D eigenvalue weighted by Gasteiger charge is -2.11. The van der Waals surface area contributed by atoms with Crippen molar-refractivity contribution >= 4 is 35.9 Å². The summed E-state index contributed by atoms with van der Waals surface area (Å²) in [5.74, 6) is 0.610. The number of esters is 1. The number of aliphatic imine (C=N–C) groups is 1. The summed E-state index contributed by atoms with van der Waals surface area (Å²) in [5.41, 5.74) is 0. The molecule has 0 radical (unpaired) electrons. The zero-order chi connectivity index (χ0) is 15.8. The maximum Gasteiger partial charge on any atom is 0.305 e. The first-order valence-electron chi connectivity index (χ1n) is 7.92. The molecule has 0 unspecified atom stereocenters. The smallest absolute Gasteiger partial charge is 0.305 e. The molecular weight excluding hydrogens is 397 g/mol. The van der Waals surface area contributed by atoms with Crippen LogP contribution in [0.25, 0.3) is 0 Å². The van der Waals surface area contributed by atoms with E-state index < -0.39 is 0 Å². The van der Waals surface area contributed by atoms with Crippen LogP contribution in [-0.4, -0.2) is 51.9 Å². The highest BCUT2D eigenvalue weighted by atomic mass is 127. The molecular formula is C15H32IN3O3. The number of hydrogen-bond acceptors (Lipinski definition) is 4. The SMILES string of the molecule is CCCCOCCCNC(=NC)NCCCC(=O)OCC.I. The van der Waals surface area contributed by atoms with Gasteiger partial charge in [-0.15, -0.1) is 24.0 Å². The van der Waals surface area contributed by atoms with Gasteiger partial charge in [-0.2, -0.15) is 0 Å². The second-order valence-corrected chi connectivity index (χ2v) is 4.65. The minimum absolute atomic E-state index is 0. The Kier molecular flexibility index (Phi) is 19.9. The minimum Gasteiger partial charge on any atom is -0.466 e. The van der Waals surface area contributed by atoms with Gasteiger partial charge in [0.25, 0.3) is 0 Å². The van der Waals surface area contributed by atoms with Crippen LogP contribution < -0.4 is 10.6 Å². The van der Waals surface area contributed by atoms with Crippen LogP contribution in [0, 0.1) is 0 Å². The van der Waals surface area contributed by atoms with Gasteiger partial charge in [0, 0.05) is 39.8 Å². The van der Waals surface area contributed by atoms with Crippen molar-refractivity contribution in [3.8, 4) is 0 Å². The van der Waals surface area contributed by atoms with Gasteiger partial charge in [0.05, 0.1) is 6.61 Å². The molecule has 0 heterocycles. The average Bonchev–Trinajstić information content (AvgIpc) is 2.48. The fraction of sp³-hybridized carbons (Fsp3) is 0.867. The normalized spacial score (nSPS) is 10.8. The molecule has 2 N–H and O–H groups in total. The molecule has 0 aromatic heterocycles. The number of halogens is 1. The molecule has 0 saturated carbocycles. The van der Waals surface area contributed by atoms with E-state index in [1.165, 1.54) is 6.42 Å². The van der Waals surface area contributed by atoms with E-state index in [4.69, 9.17) is 9.47 Å². The molecule has 0 spiro atoms. The zero-order valence-electron chi connectivity index (χ0n) is 14.2. The molecule has 0 aromatic rings. The Hall–Kier alpha value is -0.570. The standard InChI is InChI=1S/C15H31N3O3.HI/c1-4-6-12-20-13-8-11-18-15(16-3)17-10-7-9-14(19)21-5-2;/h4-13H2,1-3H3,(H2,16,17,18);1H. The largest absolute Gasteiger partial charge is 0.466 e. The van der Waals surface area contributed by atoms with Crippen molar-refractivity contribution < 1.29 is 14.3 Å². The van der Waals surface area contributed by atoms with E-state index in [0.29, 0.717) is 19.6 Å². The summed E-state index contributed by atoms with van der Waals surface area (Å²) in [4.78, 5) is 15.3. The van der Waals surface area contributed by atoms with Crippen LogP contribution in [0.1, 0.15) is 46.0 Å². The number of nitrogens with one attached hydrogen (secondary N) is 2. The Balaban J connectivity index is 0. The third-order valence-corrected chi connectivity index (χ3v) is 2.78. The number of nitrogens with zero attached hydrogens (tertiary/aromatic N) is 1. The number of rotatable bonds is 12. The van der Waals surface area contributed by atoms with Gasteiger partial charge in [-0.05, 0) is 26.2 Å². The third-order valence-electron chi connectivity index (χ3n) is 2.78. The summed E-state index contributed by atoms with van der Waals surface area (Å²) in [6.45, 7) is 7.55. The first kappa shape index (κ1) is 23.7. The Morgan fingerprint density at radius 2 is 1.68 bits per heavy atom. The summed E-state index contributed by atoms with van der Waals surface area (Å²) < 4.78 is 10.4. The Morgan fingerprint density at radius 1 is 1.05 bits per heavy atom. The van der Waals surface area contributed by atoms with Gasteiger partial charge in [-0.25, -0.2) is 0 Å². The molecule has 0 atom stereocenters. The van der Waals surface area contributed by atoms with Gasteiger partial charge in [0.1, 0.15) is 0 Å². The van der Waals surface area contributed by atoms with Crippen LogP contribution >= 0.6 is 24.0 Å². The fourth-order valence-corrected chi connectivity index (χ4v) is 1.62. The molecule has 0 amide bonds. The summed E-state index contributed by atoms with van der Waals surface area (Å²) in [6, 6.07) is 0. The van der Waals surface area contributed by atoms with Crippen LogP contribution in [0.4, 0.5) is 0 Å². The van der Waals surface area contributed by atoms with Crippen molar-refractivity contribution in [3.05, 3.63) is 0 Å². The Labute approximate surface area is 151 Å². The zero-order valence-corrected chi connectivity index (χ0v) is 16.5. The van der Waals surface area contributed by atoms with Gasteiger partial charge in [0.15, 0.2) is 5.96 Å². The van der Waals surface area contributed by atoms with Gasteiger partial charge >= 0.3 is 5.97 Å². The van der Waals surface area contributed by atoms with Crippen LogP contribution in [0.3, 0.4) is 0 Å². The minimum atomic E-state index is -0.147. The van der Waals surface area contributed by atoms with Crippen LogP contribution in [0.2, 0.25) is 0 Å². The summed E-state index contributed by atoms with van der Waals surface area (Å²) in [7, 11) is 1.73. The topological polar surface area (TPSA) is 72.0 Å². The monoisotopic (exact) mass is 429 g/mol. The van der Waals surface area contributed by atoms with E-state index in [2.05, 4.69) is 22.5 Å². The van der Waals surface area contributed by atoms with E-state index in [0.717, 1.165) is 45.0 Å². The predicted molar refractivity (Wildman–Crippen MR) is 101 cm³/mol. The Bertz CT molecular complexity index is 289. The van der Waals surface area contributed by atoms with Crippen LogP contribution in [0.5, 0.6) is 0 Å². The van der Waals surface area contributed by atoms with Crippen molar-refractivity contribution in [2.24, 2.45) is 4.99 Å². The van der Waals surface area contributed by atoms with Crippen molar-refractivity contribution in [2.45, 2.75) is 46.0 Å². The third kappa shape index (κ3) is 15.8. The lowest BCUT2D eigenvalue weighted by atomic mass is 10.3. The van der Waals surface area contributed by atoms with E-state index in [-0.39, 0.29) is 29.9 Å². The molecule has 0 rings (SSSR count). The second-order valence-electron chi connectivity index (χ2n) is 4.65. The number of hydrogen-bond donors (Lipinski definition) is 2. The predicted octanol–water partition coefficient (Wildman–Crippen LogP) is 2.32. The molecule has 0 aromatic carbocycles. The van der Waals surface area contributed by atoms with Crippen LogP contribution in [-0.2, 0) is 14.3 Å². The molecule has 0 saturated heterocycles. The quantitative estimate of drug-likeness (QED) is 0.164. The van der Waals surface area contributed by atoms with E-state index >= 15 is 0 Å². The molecule has 7 heteroatoms. The second kappa shape index (κ2) is 18.5. The molecule has 0 aliphatic heterocycles. The number of carbonyl (C=O) groups is 1. The van der Waals surface area contributed by atoms with E-state index in [1.54, 1.807) is 7.05 Å². The Morgan fingerprint density at radius 3 is 2.27 bits per heavy atom. The van der Waals surface area contributed by atoms with Gasteiger partial charge in [-0.3, -0.25) is 9.79 Å². The van der Waals surface area contributed by atoms with E-state index in [9.17, 15) is 4.79 Å². The molecule has 0 aliphatic carbocycles. The van der Waals surface area contributed by atoms with Crippen molar-refractivity contribution in [1.29, 1.82) is 0 Å². The van der Waals surface area contributed by atoms with Crippen molar-refractivity contribution in [3.63, 3.8) is 0 Å². The molecule has 0 bridgehead atoms. The number of unbranched alkanes of at least 4 members (excludes halogenated alkanes) is 1. The molecule has 0 fully saturated rings. The first-order chi connectivity index (χ1) is 10.2. The summed E-state index contributed by atoms with van der Waals surface area (Å²) in [6.07, 6.45) is 4.41. The molecule has 22 heavy (non-hydrogen) atoms. The number of guanidine groups is 1. The molecule has 6 nitrogen and oxygen atoms in total. The van der Waals surface area contributed by atoms with Gasteiger partial charge < -0.3 is 20.1 Å². The molecule has 132 valence electrons. The number of carbonyl (C=O) groups excluding carboxylic acids is 1. The van der Waals surface area contributed by atoms with Crippen molar-refractivity contribution in [1.82, 2.24) is 10.6 Å². The lowest BCUT2D eigenvalue weighted by Crippen LogP contribution is -2.38. The van der Waals surface area contributed by atoms with E-state index in [1.807, 2.05) is 6.92 Å². The van der Waals surface area contributed by atoms with Crippen LogP contribution in [0.15, 0.2) is 4.99 Å². The highest BCUT2D eigenvalue weighted by molar-refractivity contribution is 14.0. The average molecular weight is 429 g/mol. The van der Waals surface area contributed by atoms with Gasteiger partial charge in [0.2, 0.25) is 0 Å². The fourth-order valence-electron chi connectivity index (χ4n) is 1.62. The van der Waals surface area contributed by atoms with Gasteiger partial charge in [-0.1, -0.05) is 13.3 Å². The highest BCUT2D eigenvalue weighted by Crippen LogP contribution is 1.91.